The van der Waals surface area contributed by atoms with Crippen LogP contribution in [0.5, 0.6) is 0 Å². The molecular formula is C9H16BNO3. The van der Waals surface area contributed by atoms with Gasteiger partial charge in [0, 0.05) is 13.1 Å². The summed E-state index contributed by atoms with van der Waals surface area (Å²) in [6.07, 6.45) is 1.47. The normalized spacial score (nSPS) is 17.9. The molecule has 0 aromatic carbocycles. The van der Waals surface area contributed by atoms with Crippen LogP contribution in [-0.2, 0) is 9.53 Å². The van der Waals surface area contributed by atoms with E-state index in [0.29, 0.717) is 19.7 Å². The minimum Gasteiger partial charge on any atom is -0.466 e. The van der Waals surface area contributed by atoms with Crippen molar-refractivity contribution in [1.29, 1.82) is 0 Å². The van der Waals surface area contributed by atoms with E-state index in [-0.39, 0.29) is 17.7 Å². The maximum absolute atomic E-state index is 11.3. The van der Waals surface area contributed by atoms with Crippen LogP contribution in [0.1, 0.15) is 19.8 Å². The summed E-state index contributed by atoms with van der Waals surface area (Å²) in [7, 11) is 1.56. The molecular weight excluding hydrogens is 181 g/mol. The Morgan fingerprint density at radius 2 is 2.00 bits per heavy atom. The fourth-order valence-electron chi connectivity index (χ4n) is 1.69. The smallest absolute Gasteiger partial charge is 0.309 e. The first-order chi connectivity index (χ1) is 6.65. The van der Waals surface area contributed by atoms with Crippen molar-refractivity contribution in [3.8, 4) is 0 Å². The summed E-state index contributed by atoms with van der Waals surface area (Å²) >= 11 is 0. The number of ether oxygens (including phenoxy) is 1. The van der Waals surface area contributed by atoms with Gasteiger partial charge in [-0.3, -0.25) is 9.59 Å². The quantitative estimate of drug-likeness (QED) is 0.462. The van der Waals surface area contributed by atoms with Crippen molar-refractivity contribution in [2.75, 3.05) is 19.7 Å². The van der Waals surface area contributed by atoms with E-state index in [1.54, 1.807) is 12.7 Å². The van der Waals surface area contributed by atoms with Crippen LogP contribution in [0.15, 0.2) is 0 Å². The molecule has 1 amide bonds. The minimum atomic E-state index is -0.115. The van der Waals surface area contributed by atoms with Crippen LogP contribution in [0.2, 0.25) is 0 Å². The van der Waals surface area contributed by atoms with Crippen LogP contribution in [-0.4, -0.2) is 44.2 Å². The summed E-state index contributed by atoms with van der Waals surface area (Å²) in [5.41, 5.74) is 0. The third-order valence-corrected chi connectivity index (χ3v) is 2.56. The highest BCUT2D eigenvalue weighted by Gasteiger charge is 2.26. The number of rotatable bonds is 2. The molecule has 0 radical (unpaired) electrons. The molecule has 0 aliphatic carbocycles. The van der Waals surface area contributed by atoms with Crippen LogP contribution < -0.4 is 0 Å². The Morgan fingerprint density at radius 1 is 1.43 bits per heavy atom. The molecule has 0 saturated carbocycles. The number of nitrogens with zero attached hydrogens (tertiary/aromatic N) is 1. The van der Waals surface area contributed by atoms with Crippen molar-refractivity contribution in [3.05, 3.63) is 0 Å². The van der Waals surface area contributed by atoms with E-state index < -0.39 is 0 Å². The molecule has 1 heterocycles. The molecule has 0 N–H and O–H groups in total. The first-order valence-corrected chi connectivity index (χ1v) is 5.07. The lowest BCUT2D eigenvalue weighted by Gasteiger charge is -2.30. The zero-order valence-electron chi connectivity index (χ0n) is 8.78. The Morgan fingerprint density at radius 3 is 2.43 bits per heavy atom. The van der Waals surface area contributed by atoms with Gasteiger partial charge in [-0.1, -0.05) is 0 Å². The van der Waals surface area contributed by atoms with Gasteiger partial charge >= 0.3 is 5.97 Å². The van der Waals surface area contributed by atoms with Gasteiger partial charge in [-0.2, -0.15) is 0 Å². The lowest BCUT2D eigenvalue weighted by atomic mass is 9.95. The Kier molecular flexibility index (Phi) is 3.98. The molecule has 0 bridgehead atoms. The summed E-state index contributed by atoms with van der Waals surface area (Å²) in [5, 5.41) is 0. The second-order valence-electron chi connectivity index (χ2n) is 3.53. The molecule has 1 fully saturated rings. The van der Waals surface area contributed by atoms with E-state index in [1.807, 2.05) is 6.92 Å². The standard InChI is InChI=1S/C9H16BNO3/c1-2-14-8(12)7-3-5-11(6-4-7)9(10)13/h7H,2-6,10H2,1H3. The highest BCUT2D eigenvalue weighted by atomic mass is 16.5. The third kappa shape index (κ3) is 2.75. The largest absolute Gasteiger partial charge is 0.466 e. The molecule has 4 nitrogen and oxygen atoms in total. The Bertz CT molecular complexity index is 224. The van der Waals surface area contributed by atoms with Crippen molar-refractivity contribution >= 4 is 19.6 Å². The number of carbonyl (C=O) groups excluding carboxylic acids is 2. The molecule has 1 aliphatic rings. The molecule has 1 rings (SSSR count). The Hall–Kier alpha value is -0.995. The maximum atomic E-state index is 11.3. The van der Waals surface area contributed by atoms with Crippen molar-refractivity contribution in [1.82, 2.24) is 4.90 Å². The molecule has 0 aromatic rings. The number of hydrogen-bond donors (Lipinski definition) is 0. The van der Waals surface area contributed by atoms with Crippen LogP contribution in [0, 0.1) is 5.92 Å². The highest BCUT2D eigenvalue weighted by Crippen LogP contribution is 2.18. The number of esters is 1. The summed E-state index contributed by atoms with van der Waals surface area (Å²) < 4.78 is 4.93. The minimum absolute atomic E-state index is 0.00875. The molecule has 0 spiro atoms. The first kappa shape index (κ1) is 11.1. The summed E-state index contributed by atoms with van der Waals surface area (Å²) in [6, 6.07) is 0. The molecule has 0 unspecified atom stereocenters. The number of carbonyl (C=O) groups is 2. The Labute approximate surface area is 85.0 Å². The Balaban J connectivity index is 2.35. The van der Waals surface area contributed by atoms with Crippen molar-refractivity contribution in [2.24, 2.45) is 5.92 Å². The lowest BCUT2D eigenvalue weighted by Crippen LogP contribution is -2.40. The van der Waals surface area contributed by atoms with Gasteiger partial charge < -0.3 is 9.64 Å². The average molecular weight is 197 g/mol. The van der Waals surface area contributed by atoms with Gasteiger partial charge in [-0.25, -0.2) is 0 Å². The van der Waals surface area contributed by atoms with Crippen LogP contribution >= 0.6 is 0 Å². The van der Waals surface area contributed by atoms with Gasteiger partial charge in [0.05, 0.1) is 12.5 Å². The van der Waals surface area contributed by atoms with Gasteiger partial charge in [-0.05, 0) is 19.8 Å². The van der Waals surface area contributed by atoms with E-state index in [4.69, 9.17) is 4.74 Å². The molecule has 1 aliphatic heterocycles. The molecule has 14 heavy (non-hydrogen) atoms. The van der Waals surface area contributed by atoms with Gasteiger partial charge in [0.15, 0.2) is 5.81 Å². The monoisotopic (exact) mass is 197 g/mol. The van der Waals surface area contributed by atoms with Gasteiger partial charge in [0.1, 0.15) is 0 Å². The van der Waals surface area contributed by atoms with E-state index in [9.17, 15) is 9.59 Å². The zero-order valence-corrected chi connectivity index (χ0v) is 8.78. The van der Waals surface area contributed by atoms with E-state index >= 15 is 0 Å². The van der Waals surface area contributed by atoms with Crippen molar-refractivity contribution in [2.45, 2.75) is 19.8 Å². The predicted octanol–water partition coefficient (Wildman–Crippen LogP) is 0.0146. The predicted molar refractivity (Wildman–Crippen MR) is 54.9 cm³/mol. The van der Waals surface area contributed by atoms with E-state index in [1.165, 1.54) is 0 Å². The van der Waals surface area contributed by atoms with Crippen LogP contribution in [0.4, 0.5) is 4.79 Å². The number of amides is 1. The number of likely N-dealkylation sites (tertiary alicyclic amines) is 1. The van der Waals surface area contributed by atoms with Crippen LogP contribution in [0.25, 0.3) is 0 Å². The molecule has 78 valence electrons. The summed E-state index contributed by atoms with van der Waals surface area (Å²) in [5.74, 6) is -0.0337. The van der Waals surface area contributed by atoms with E-state index in [0.717, 1.165) is 12.8 Å². The van der Waals surface area contributed by atoms with Gasteiger partial charge in [-0.15, -0.1) is 0 Å². The molecule has 1 saturated heterocycles. The van der Waals surface area contributed by atoms with Gasteiger partial charge in [0.25, 0.3) is 0 Å². The van der Waals surface area contributed by atoms with Gasteiger partial charge in [0.2, 0.25) is 7.85 Å². The molecule has 5 heteroatoms. The zero-order chi connectivity index (χ0) is 10.6. The van der Waals surface area contributed by atoms with Crippen molar-refractivity contribution in [3.63, 3.8) is 0 Å². The first-order valence-electron chi connectivity index (χ1n) is 5.07. The molecule has 0 aromatic heterocycles. The third-order valence-electron chi connectivity index (χ3n) is 2.56. The topological polar surface area (TPSA) is 46.6 Å². The second kappa shape index (κ2) is 5.03. The highest BCUT2D eigenvalue weighted by molar-refractivity contribution is 6.56. The molecule has 0 atom stereocenters. The summed E-state index contributed by atoms with van der Waals surface area (Å²) in [6.45, 7) is 3.60. The average Bonchev–Trinajstić information content (AvgIpc) is 2.18. The van der Waals surface area contributed by atoms with Crippen LogP contribution in [0.3, 0.4) is 0 Å². The summed E-state index contributed by atoms with van der Waals surface area (Å²) in [4.78, 5) is 24.1. The number of piperidine rings is 1. The number of hydrogen-bond acceptors (Lipinski definition) is 3. The maximum Gasteiger partial charge on any atom is 0.309 e. The lowest BCUT2D eigenvalue weighted by molar-refractivity contribution is -0.149. The SMILES string of the molecule is BC(=O)N1CCC(C(=O)OCC)CC1. The fraction of sp³-hybridized carbons (Fsp3) is 0.778. The van der Waals surface area contributed by atoms with Crippen molar-refractivity contribution < 1.29 is 14.3 Å². The second-order valence-corrected chi connectivity index (χ2v) is 3.53. The fourth-order valence-corrected chi connectivity index (χ4v) is 1.69. The van der Waals surface area contributed by atoms with E-state index in [2.05, 4.69) is 0 Å².